The fourth-order valence-electron chi connectivity index (χ4n) is 3.14. The molecule has 1 aliphatic rings. The fourth-order valence-corrected chi connectivity index (χ4v) is 4.66. The molecule has 2 aromatic carbocycles. The van der Waals surface area contributed by atoms with Gasteiger partial charge in [-0.2, -0.15) is 4.31 Å². The third-order valence-electron chi connectivity index (χ3n) is 4.75. The lowest BCUT2D eigenvalue weighted by Crippen LogP contribution is -2.32. The summed E-state index contributed by atoms with van der Waals surface area (Å²) in [5.41, 5.74) is 0.531. The number of sulfonamides is 1. The van der Waals surface area contributed by atoms with E-state index in [4.69, 9.17) is 4.74 Å². The number of ether oxygens (including phenoxy) is 1. The first-order valence-corrected chi connectivity index (χ1v) is 11.0. The Hall–Kier alpha value is -2.38. The van der Waals surface area contributed by atoms with E-state index in [9.17, 15) is 13.2 Å². The highest BCUT2D eigenvalue weighted by Gasteiger charge is 2.25. The van der Waals surface area contributed by atoms with Crippen LogP contribution < -0.4 is 10.1 Å². The first-order valence-electron chi connectivity index (χ1n) is 9.59. The van der Waals surface area contributed by atoms with Crippen molar-refractivity contribution in [3.8, 4) is 5.75 Å². The molecule has 0 radical (unpaired) electrons. The summed E-state index contributed by atoms with van der Waals surface area (Å²) in [6.07, 6.45) is 3.25. The van der Waals surface area contributed by atoms with Crippen LogP contribution >= 0.6 is 0 Å². The van der Waals surface area contributed by atoms with E-state index in [1.54, 1.807) is 47.6 Å². The van der Waals surface area contributed by atoms with Crippen LogP contribution in [0.4, 0.5) is 5.69 Å². The summed E-state index contributed by atoms with van der Waals surface area (Å²) >= 11 is 0. The summed E-state index contributed by atoms with van der Waals surface area (Å²) in [6, 6.07) is 15.4. The van der Waals surface area contributed by atoms with Crippen molar-refractivity contribution in [1.29, 1.82) is 0 Å². The quantitative estimate of drug-likeness (QED) is 0.800. The van der Waals surface area contributed by atoms with Crippen LogP contribution in [0.2, 0.25) is 0 Å². The normalized spacial score (nSPS) is 16.8. The number of carbonyl (C=O) groups is 1. The van der Waals surface area contributed by atoms with Crippen LogP contribution in [-0.4, -0.2) is 37.8 Å². The number of rotatable bonds is 6. The van der Waals surface area contributed by atoms with Crippen molar-refractivity contribution in [3.63, 3.8) is 0 Å². The Kier molecular flexibility index (Phi) is 6.70. The zero-order valence-electron chi connectivity index (χ0n) is 16.0. The highest BCUT2D eigenvalue weighted by molar-refractivity contribution is 7.89. The molecule has 0 unspecified atom stereocenters. The van der Waals surface area contributed by atoms with E-state index in [1.165, 1.54) is 0 Å². The Morgan fingerprint density at radius 1 is 0.964 bits per heavy atom. The van der Waals surface area contributed by atoms with E-state index in [-0.39, 0.29) is 10.8 Å². The summed E-state index contributed by atoms with van der Waals surface area (Å²) in [6.45, 7) is 2.80. The van der Waals surface area contributed by atoms with Gasteiger partial charge in [0.2, 0.25) is 10.0 Å². The van der Waals surface area contributed by atoms with Crippen molar-refractivity contribution in [2.75, 3.05) is 18.4 Å². The maximum Gasteiger partial charge on any atom is 0.265 e. The van der Waals surface area contributed by atoms with Gasteiger partial charge in [0.25, 0.3) is 5.91 Å². The van der Waals surface area contributed by atoms with E-state index in [0.29, 0.717) is 24.5 Å². The van der Waals surface area contributed by atoms with Gasteiger partial charge in [0.15, 0.2) is 6.10 Å². The van der Waals surface area contributed by atoms with Crippen LogP contribution in [0.3, 0.4) is 0 Å². The summed E-state index contributed by atoms with van der Waals surface area (Å²) in [5.74, 6) is 0.316. The van der Waals surface area contributed by atoms with Gasteiger partial charge in [-0.15, -0.1) is 0 Å². The van der Waals surface area contributed by atoms with Crippen molar-refractivity contribution in [1.82, 2.24) is 4.31 Å². The predicted molar refractivity (Wildman–Crippen MR) is 109 cm³/mol. The lowest BCUT2D eigenvalue weighted by atomic mass is 10.2. The average molecular weight is 403 g/mol. The molecule has 1 aliphatic heterocycles. The highest BCUT2D eigenvalue weighted by Crippen LogP contribution is 2.22. The minimum absolute atomic E-state index is 0.251. The Balaban J connectivity index is 1.62. The van der Waals surface area contributed by atoms with Crippen molar-refractivity contribution >= 4 is 21.6 Å². The molecule has 0 spiro atoms. The minimum Gasteiger partial charge on any atom is -0.481 e. The van der Waals surface area contributed by atoms with E-state index >= 15 is 0 Å². The largest absolute Gasteiger partial charge is 0.481 e. The Morgan fingerprint density at radius 3 is 2.18 bits per heavy atom. The zero-order chi connectivity index (χ0) is 20.0. The van der Waals surface area contributed by atoms with E-state index in [0.717, 1.165) is 25.7 Å². The van der Waals surface area contributed by atoms with E-state index < -0.39 is 16.1 Å². The van der Waals surface area contributed by atoms with Crippen LogP contribution in [0.25, 0.3) is 0 Å². The molecular weight excluding hydrogens is 376 g/mol. The van der Waals surface area contributed by atoms with Gasteiger partial charge in [0.05, 0.1) is 4.90 Å². The van der Waals surface area contributed by atoms with Crippen LogP contribution in [0, 0.1) is 0 Å². The second-order valence-corrected chi connectivity index (χ2v) is 8.84. The molecule has 1 N–H and O–H groups in total. The molecule has 1 atom stereocenters. The molecular formula is C21H26N2O4S. The molecule has 1 saturated heterocycles. The topological polar surface area (TPSA) is 75.7 Å². The summed E-state index contributed by atoms with van der Waals surface area (Å²) in [4.78, 5) is 12.6. The molecule has 1 amide bonds. The molecule has 1 heterocycles. The second kappa shape index (κ2) is 9.21. The molecule has 0 saturated carbocycles. The Bertz CT molecular complexity index is 874. The van der Waals surface area contributed by atoms with Gasteiger partial charge in [-0.3, -0.25) is 4.79 Å². The number of hydrogen-bond donors (Lipinski definition) is 1. The number of para-hydroxylation sites is 1. The first kappa shape index (κ1) is 20.4. The van der Waals surface area contributed by atoms with Crippen LogP contribution in [0.15, 0.2) is 59.5 Å². The van der Waals surface area contributed by atoms with Crippen molar-refractivity contribution in [2.45, 2.75) is 43.6 Å². The number of benzene rings is 2. The molecule has 150 valence electrons. The SMILES string of the molecule is C[C@@H](Oc1ccccc1)C(=O)Nc1ccc(S(=O)(=O)N2CCCCCC2)cc1. The molecule has 6 nitrogen and oxygen atoms in total. The number of hydrogen-bond acceptors (Lipinski definition) is 4. The van der Waals surface area contributed by atoms with E-state index in [1.807, 2.05) is 18.2 Å². The summed E-state index contributed by atoms with van der Waals surface area (Å²) in [7, 11) is -3.49. The van der Waals surface area contributed by atoms with Gasteiger partial charge in [-0.05, 0) is 56.2 Å². The smallest absolute Gasteiger partial charge is 0.265 e. The van der Waals surface area contributed by atoms with Gasteiger partial charge in [-0.25, -0.2) is 8.42 Å². The van der Waals surface area contributed by atoms with Gasteiger partial charge >= 0.3 is 0 Å². The first-order chi connectivity index (χ1) is 13.5. The summed E-state index contributed by atoms with van der Waals surface area (Å²) < 4.78 is 32.8. The monoisotopic (exact) mass is 402 g/mol. The number of nitrogens with zero attached hydrogens (tertiary/aromatic N) is 1. The van der Waals surface area contributed by atoms with Gasteiger partial charge < -0.3 is 10.1 Å². The third-order valence-corrected chi connectivity index (χ3v) is 6.66. The molecule has 3 rings (SSSR count). The average Bonchev–Trinajstić information content (AvgIpc) is 2.99. The van der Waals surface area contributed by atoms with Crippen LogP contribution in [-0.2, 0) is 14.8 Å². The molecule has 2 aromatic rings. The molecule has 0 bridgehead atoms. The Labute approximate surface area is 166 Å². The number of anilines is 1. The predicted octanol–water partition coefficient (Wildman–Crippen LogP) is 3.66. The third kappa shape index (κ3) is 5.11. The lowest BCUT2D eigenvalue weighted by Gasteiger charge is -2.20. The number of carbonyl (C=O) groups excluding carboxylic acids is 1. The molecule has 0 aromatic heterocycles. The second-order valence-electron chi connectivity index (χ2n) is 6.91. The van der Waals surface area contributed by atoms with Gasteiger partial charge in [-0.1, -0.05) is 31.0 Å². The summed E-state index contributed by atoms with van der Waals surface area (Å²) in [5, 5.41) is 2.76. The highest BCUT2D eigenvalue weighted by atomic mass is 32.2. The minimum atomic E-state index is -3.49. The van der Waals surface area contributed by atoms with Crippen LogP contribution in [0.1, 0.15) is 32.6 Å². The lowest BCUT2D eigenvalue weighted by molar-refractivity contribution is -0.122. The standard InChI is InChI=1S/C21H26N2O4S/c1-17(27-19-9-5-4-6-10-19)21(24)22-18-11-13-20(14-12-18)28(25,26)23-15-7-2-3-8-16-23/h4-6,9-14,17H,2-3,7-8,15-16H2,1H3,(H,22,24)/t17-/m1/s1. The van der Waals surface area contributed by atoms with Crippen molar-refractivity contribution < 1.29 is 17.9 Å². The fraction of sp³-hybridized carbons (Fsp3) is 0.381. The number of amides is 1. The number of nitrogens with one attached hydrogen (secondary N) is 1. The molecule has 7 heteroatoms. The molecule has 0 aliphatic carbocycles. The van der Waals surface area contributed by atoms with Crippen LogP contribution in [0.5, 0.6) is 5.75 Å². The zero-order valence-corrected chi connectivity index (χ0v) is 16.8. The Morgan fingerprint density at radius 2 is 1.57 bits per heavy atom. The maximum absolute atomic E-state index is 12.8. The molecule has 28 heavy (non-hydrogen) atoms. The van der Waals surface area contributed by atoms with E-state index in [2.05, 4.69) is 5.32 Å². The van der Waals surface area contributed by atoms with Gasteiger partial charge in [0, 0.05) is 18.8 Å². The van der Waals surface area contributed by atoms with Crippen molar-refractivity contribution in [2.24, 2.45) is 0 Å². The van der Waals surface area contributed by atoms with Gasteiger partial charge in [0.1, 0.15) is 5.75 Å². The van der Waals surface area contributed by atoms with Crippen molar-refractivity contribution in [3.05, 3.63) is 54.6 Å². The molecule has 1 fully saturated rings. The maximum atomic E-state index is 12.8.